The molecule has 0 aliphatic heterocycles. The van der Waals surface area contributed by atoms with E-state index in [2.05, 4.69) is 20.8 Å². The molecule has 4 bridgehead atoms. The molecule has 1 N–H and O–H groups in total. The monoisotopic (exact) mass is 250 g/mol. The highest BCUT2D eigenvalue weighted by Gasteiger charge is 2.59. The Labute approximate surface area is 112 Å². The van der Waals surface area contributed by atoms with Gasteiger partial charge in [-0.1, -0.05) is 20.3 Å². The summed E-state index contributed by atoms with van der Waals surface area (Å²) in [5.74, 6) is 3.28. The first-order valence-electron chi connectivity index (χ1n) is 8.19. The van der Waals surface area contributed by atoms with Crippen LogP contribution in [0.2, 0.25) is 0 Å². The van der Waals surface area contributed by atoms with E-state index in [1.807, 2.05) is 0 Å². The van der Waals surface area contributed by atoms with Crippen LogP contribution in [0.25, 0.3) is 0 Å². The van der Waals surface area contributed by atoms with Gasteiger partial charge in [-0.2, -0.15) is 0 Å². The van der Waals surface area contributed by atoms with Gasteiger partial charge in [0.15, 0.2) is 0 Å². The van der Waals surface area contributed by atoms with Crippen molar-refractivity contribution < 1.29 is 5.11 Å². The van der Waals surface area contributed by atoms with Crippen LogP contribution in [-0.2, 0) is 0 Å². The fourth-order valence-electron chi connectivity index (χ4n) is 5.97. The van der Waals surface area contributed by atoms with Gasteiger partial charge in [0.2, 0.25) is 0 Å². The molecule has 0 amide bonds. The summed E-state index contributed by atoms with van der Waals surface area (Å²) in [6.07, 6.45) is 10.7. The SMILES string of the molecule is CCCC(C)C(C)(O)C12CC3CC(CC(C3)C1)C2. The summed E-state index contributed by atoms with van der Waals surface area (Å²) in [6, 6.07) is 0. The predicted molar refractivity (Wildman–Crippen MR) is 75.3 cm³/mol. The van der Waals surface area contributed by atoms with E-state index in [1.165, 1.54) is 51.4 Å². The Morgan fingerprint density at radius 2 is 1.56 bits per heavy atom. The van der Waals surface area contributed by atoms with Crippen molar-refractivity contribution in [2.45, 2.75) is 77.7 Å². The van der Waals surface area contributed by atoms with Crippen LogP contribution in [0.5, 0.6) is 0 Å². The number of aliphatic hydroxyl groups is 1. The van der Waals surface area contributed by atoms with Gasteiger partial charge in [0.1, 0.15) is 0 Å². The molecule has 0 aromatic carbocycles. The summed E-state index contributed by atoms with van der Waals surface area (Å²) >= 11 is 0. The van der Waals surface area contributed by atoms with Crippen LogP contribution in [0, 0.1) is 29.1 Å². The van der Waals surface area contributed by atoms with Crippen molar-refractivity contribution >= 4 is 0 Å². The molecule has 1 heteroatoms. The molecular weight excluding hydrogens is 220 g/mol. The quantitative estimate of drug-likeness (QED) is 0.784. The molecule has 2 unspecified atom stereocenters. The molecular formula is C17H30O. The highest BCUT2D eigenvalue weighted by molar-refractivity contribution is 5.09. The fourth-order valence-corrected chi connectivity index (χ4v) is 5.97. The summed E-state index contributed by atoms with van der Waals surface area (Å²) in [7, 11) is 0. The Morgan fingerprint density at radius 1 is 1.11 bits per heavy atom. The van der Waals surface area contributed by atoms with E-state index in [0.717, 1.165) is 17.8 Å². The number of hydrogen-bond acceptors (Lipinski definition) is 1. The van der Waals surface area contributed by atoms with Gasteiger partial charge in [0, 0.05) is 0 Å². The first-order chi connectivity index (χ1) is 8.47. The van der Waals surface area contributed by atoms with Crippen LogP contribution in [-0.4, -0.2) is 10.7 Å². The van der Waals surface area contributed by atoms with Gasteiger partial charge in [-0.3, -0.25) is 0 Å². The average molecular weight is 250 g/mol. The Morgan fingerprint density at radius 3 is 1.94 bits per heavy atom. The molecule has 1 nitrogen and oxygen atoms in total. The number of hydrogen-bond donors (Lipinski definition) is 1. The third kappa shape index (κ3) is 1.77. The van der Waals surface area contributed by atoms with Gasteiger partial charge < -0.3 is 5.11 Å². The van der Waals surface area contributed by atoms with E-state index in [4.69, 9.17) is 0 Å². The fraction of sp³-hybridized carbons (Fsp3) is 1.00. The zero-order valence-electron chi connectivity index (χ0n) is 12.4. The zero-order chi connectivity index (χ0) is 13.0. The Hall–Kier alpha value is -0.0400. The summed E-state index contributed by atoms with van der Waals surface area (Å²) in [5.41, 5.74) is -0.157. The van der Waals surface area contributed by atoms with Crippen LogP contribution in [0.1, 0.15) is 72.1 Å². The van der Waals surface area contributed by atoms with Crippen molar-refractivity contribution in [3.8, 4) is 0 Å². The van der Waals surface area contributed by atoms with Gasteiger partial charge in [0.05, 0.1) is 5.60 Å². The molecule has 0 radical (unpaired) electrons. The highest BCUT2D eigenvalue weighted by atomic mass is 16.3. The van der Waals surface area contributed by atoms with Gasteiger partial charge in [-0.15, -0.1) is 0 Å². The molecule has 4 aliphatic rings. The van der Waals surface area contributed by atoms with Crippen LogP contribution in [0.3, 0.4) is 0 Å². The molecule has 4 saturated carbocycles. The van der Waals surface area contributed by atoms with Crippen molar-refractivity contribution in [3.05, 3.63) is 0 Å². The van der Waals surface area contributed by atoms with E-state index in [-0.39, 0.29) is 5.41 Å². The largest absolute Gasteiger partial charge is 0.389 e. The molecule has 4 rings (SSSR count). The maximum Gasteiger partial charge on any atom is 0.0701 e. The lowest BCUT2D eigenvalue weighted by molar-refractivity contribution is -0.192. The van der Waals surface area contributed by atoms with Crippen LogP contribution in [0.4, 0.5) is 0 Å². The standard InChI is InChI=1S/C17H30O/c1-4-5-12(2)16(3,18)17-9-13-6-14(10-17)8-15(7-13)11-17/h12-15,18H,4-11H2,1-3H3. The minimum Gasteiger partial charge on any atom is -0.389 e. The molecule has 4 fully saturated rings. The van der Waals surface area contributed by atoms with E-state index in [0.29, 0.717) is 5.92 Å². The molecule has 0 aromatic heterocycles. The van der Waals surface area contributed by atoms with E-state index in [1.54, 1.807) is 0 Å². The third-order valence-electron chi connectivity index (χ3n) is 6.79. The lowest BCUT2D eigenvalue weighted by Crippen LogP contribution is -2.59. The van der Waals surface area contributed by atoms with Crippen LogP contribution in [0.15, 0.2) is 0 Å². The molecule has 4 aliphatic carbocycles. The normalized spacial score (nSPS) is 47.0. The lowest BCUT2D eigenvalue weighted by atomic mass is 9.44. The van der Waals surface area contributed by atoms with Gasteiger partial charge in [0.25, 0.3) is 0 Å². The maximum atomic E-state index is 11.3. The molecule has 18 heavy (non-hydrogen) atoms. The molecule has 0 spiro atoms. The van der Waals surface area contributed by atoms with E-state index < -0.39 is 5.60 Å². The molecule has 2 atom stereocenters. The summed E-state index contributed by atoms with van der Waals surface area (Å²) < 4.78 is 0. The summed E-state index contributed by atoms with van der Waals surface area (Å²) in [5, 5.41) is 11.3. The van der Waals surface area contributed by atoms with Crippen LogP contribution < -0.4 is 0 Å². The van der Waals surface area contributed by atoms with Crippen molar-refractivity contribution in [1.29, 1.82) is 0 Å². The lowest BCUT2D eigenvalue weighted by Gasteiger charge is -2.63. The minimum atomic E-state index is -0.432. The first-order valence-corrected chi connectivity index (χ1v) is 8.19. The molecule has 0 aromatic rings. The molecule has 0 saturated heterocycles. The predicted octanol–water partition coefficient (Wildman–Crippen LogP) is 4.39. The van der Waals surface area contributed by atoms with E-state index >= 15 is 0 Å². The molecule has 104 valence electrons. The first kappa shape index (κ1) is 13.0. The maximum absolute atomic E-state index is 11.3. The van der Waals surface area contributed by atoms with Gasteiger partial charge in [-0.25, -0.2) is 0 Å². The Kier molecular flexibility index (Phi) is 3.05. The second-order valence-corrected chi connectivity index (χ2v) is 8.04. The second kappa shape index (κ2) is 4.23. The Bertz CT molecular complexity index is 282. The van der Waals surface area contributed by atoms with Crippen molar-refractivity contribution in [2.24, 2.45) is 29.1 Å². The average Bonchev–Trinajstić information content (AvgIpc) is 2.27. The second-order valence-electron chi connectivity index (χ2n) is 8.04. The van der Waals surface area contributed by atoms with Crippen molar-refractivity contribution in [2.75, 3.05) is 0 Å². The smallest absolute Gasteiger partial charge is 0.0701 e. The zero-order valence-corrected chi connectivity index (χ0v) is 12.4. The molecule has 0 heterocycles. The van der Waals surface area contributed by atoms with Gasteiger partial charge >= 0.3 is 0 Å². The summed E-state index contributed by atoms with van der Waals surface area (Å²) in [6.45, 7) is 6.69. The third-order valence-corrected chi connectivity index (χ3v) is 6.79. The minimum absolute atomic E-state index is 0.274. The highest BCUT2D eigenvalue weighted by Crippen LogP contribution is 2.64. The number of rotatable bonds is 4. The topological polar surface area (TPSA) is 20.2 Å². The van der Waals surface area contributed by atoms with Crippen molar-refractivity contribution in [1.82, 2.24) is 0 Å². The van der Waals surface area contributed by atoms with Crippen molar-refractivity contribution in [3.63, 3.8) is 0 Å². The van der Waals surface area contributed by atoms with E-state index in [9.17, 15) is 5.11 Å². The van der Waals surface area contributed by atoms with Crippen LogP contribution >= 0.6 is 0 Å². The summed E-state index contributed by atoms with van der Waals surface area (Å²) in [4.78, 5) is 0. The Balaban J connectivity index is 1.86. The van der Waals surface area contributed by atoms with Gasteiger partial charge in [-0.05, 0) is 81.0 Å².